The molecule has 0 spiro atoms. The van der Waals surface area contributed by atoms with Crippen molar-refractivity contribution in [3.05, 3.63) is 0 Å². The minimum atomic E-state index is -4.30. The van der Waals surface area contributed by atoms with Gasteiger partial charge in [-0.3, -0.25) is 4.79 Å². The number of amidine groups is 1. The van der Waals surface area contributed by atoms with Crippen LogP contribution >= 0.6 is 11.8 Å². The second kappa shape index (κ2) is 6.46. The molecule has 0 aliphatic carbocycles. The van der Waals surface area contributed by atoms with Crippen molar-refractivity contribution in [3.8, 4) is 0 Å². The summed E-state index contributed by atoms with van der Waals surface area (Å²) in [5, 5.41) is 13.1. The number of hydrogen-bond donors (Lipinski definition) is 3. The number of halogens is 3. The molecule has 1 amide bonds. The Bertz CT molecular complexity index is 270. The molecular formula is C7H12F3N3O2S. The fourth-order valence-electron chi connectivity index (χ4n) is 0.715. The van der Waals surface area contributed by atoms with Crippen molar-refractivity contribution in [2.24, 2.45) is 16.8 Å². The van der Waals surface area contributed by atoms with E-state index < -0.39 is 17.3 Å². The number of nitrogens with zero attached hydrogens (tertiary/aromatic N) is 1. The molecule has 16 heavy (non-hydrogen) atoms. The van der Waals surface area contributed by atoms with Gasteiger partial charge >= 0.3 is 5.51 Å². The van der Waals surface area contributed by atoms with Crippen molar-refractivity contribution in [1.82, 2.24) is 5.32 Å². The lowest BCUT2D eigenvalue weighted by Gasteiger charge is -2.10. The first kappa shape index (κ1) is 14.9. The van der Waals surface area contributed by atoms with Gasteiger partial charge in [0.25, 0.3) is 0 Å². The highest BCUT2D eigenvalue weighted by atomic mass is 32.2. The van der Waals surface area contributed by atoms with Crippen LogP contribution < -0.4 is 11.1 Å². The quantitative estimate of drug-likeness (QED) is 0.223. The van der Waals surface area contributed by atoms with E-state index in [-0.39, 0.29) is 29.9 Å². The van der Waals surface area contributed by atoms with Gasteiger partial charge in [0.05, 0.1) is 5.92 Å². The molecule has 0 aromatic heterocycles. The summed E-state index contributed by atoms with van der Waals surface area (Å²) in [6, 6.07) is 0. The van der Waals surface area contributed by atoms with Crippen LogP contribution in [0.1, 0.15) is 6.92 Å². The first-order valence-electron chi connectivity index (χ1n) is 4.23. The van der Waals surface area contributed by atoms with Gasteiger partial charge in [-0.2, -0.15) is 13.2 Å². The maximum absolute atomic E-state index is 11.7. The summed E-state index contributed by atoms with van der Waals surface area (Å²) in [7, 11) is 0. The summed E-state index contributed by atoms with van der Waals surface area (Å²) in [5.41, 5.74) is 0.841. The molecular weight excluding hydrogens is 247 g/mol. The molecule has 0 rings (SSSR count). The maximum Gasteiger partial charge on any atom is 0.441 e. The van der Waals surface area contributed by atoms with Crippen LogP contribution in [-0.2, 0) is 4.79 Å². The lowest BCUT2D eigenvalue weighted by atomic mass is 10.1. The van der Waals surface area contributed by atoms with Crippen LogP contribution in [0.4, 0.5) is 13.2 Å². The Morgan fingerprint density at radius 3 is 2.62 bits per heavy atom. The van der Waals surface area contributed by atoms with Crippen molar-refractivity contribution in [3.63, 3.8) is 0 Å². The zero-order valence-corrected chi connectivity index (χ0v) is 9.23. The van der Waals surface area contributed by atoms with E-state index in [0.717, 1.165) is 0 Å². The monoisotopic (exact) mass is 259 g/mol. The number of oxime groups is 1. The molecule has 0 aromatic carbocycles. The van der Waals surface area contributed by atoms with Crippen molar-refractivity contribution in [2.75, 3.05) is 12.3 Å². The van der Waals surface area contributed by atoms with Crippen LogP contribution in [0.25, 0.3) is 0 Å². The molecule has 5 nitrogen and oxygen atoms in total. The van der Waals surface area contributed by atoms with Gasteiger partial charge in [0.15, 0.2) is 5.84 Å². The third-order valence-corrected chi connectivity index (χ3v) is 2.35. The number of nitrogens with two attached hydrogens (primary N) is 1. The number of carbonyl (C=O) groups excluding carboxylic acids is 1. The third-order valence-electron chi connectivity index (χ3n) is 1.62. The van der Waals surface area contributed by atoms with Gasteiger partial charge in [-0.1, -0.05) is 5.16 Å². The van der Waals surface area contributed by atoms with Gasteiger partial charge in [-0.05, 0) is 18.7 Å². The summed E-state index contributed by atoms with van der Waals surface area (Å²) < 4.78 is 35.1. The molecule has 1 atom stereocenters. The fourth-order valence-corrected chi connectivity index (χ4v) is 1.15. The van der Waals surface area contributed by atoms with Crippen LogP contribution in [0, 0.1) is 5.92 Å². The van der Waals surface area contributed by atoms with Crippen LogP contribution in [-0.4, -0.2) is 34.8 Å². The highest BCUT2D eigenvalue weighted by Crippen LogP contribution is 2.29. The Kier molecular flexibility index (Phi) is 6.01. The second-order valence-corrected chi connectivity index (χ2v) is 3.99. The zero-order valence-electron chi connectivity index (χ0n) is 8.41. The van der Waals surface area contributed by atoms with Gasteiger partial charge < -0.3 is 16.3 Å². The van der Waals surface area contributed by atoms with Gasteiger partial charge in [0.1, 0.15) is 0 Å². The number of carbonyl (C=O) groups is 1. The van der Waals surface area contributed by atoms with E-state index in [9.17, 15) is 18.0 Å². The Labute approximate surface area is 94.2 Å². The van der Waals surface area contributed by atoms with Crippen molar-refractivity contribution in [2.45, 2.75) is 12.4 Å². The van der Waals surface area contributed by atoms with Crippen LogP contribution in [0.15, 0.2) is 5.16 Å². The van der Waals surface area contributed by atoms with Crippen molar-refractivity contribution in [1.29, 1.82) is 0 Å². The molecule has 0 saturated heterocycles. The zero-order chi connectivity index (χ0) is 12.8. The summed E-state index contributed by atoms with van der Waals surface area (Å²) in [5.74, 6) is -2.03. The van der Waals surface area contributed by atoms with Crippen LogP contribution in [0.5, 0.6) is 0 Å². The smallest absolute Gasteiger partial charge is 0.409 e. The lowest BCUT2D eigenvalue weighted by molar-refractivity contribution is -0.122. The topological polar surface area (TPSA) is 87.7 Å². The Morgan fingerprint density at radius 1 is 1.62 bits per heavy atom. The average Bonchev–Trinajstić information content (AvgIpc) is 2.20. The minimum Gasteiger partial charge on any atom is -0.409 e. The highest BCUT2D eigenvalue weighted by Gasteiger charge is 2.27. The number of thioether (sulfide) groups is 1. The normalized spacial score (nSPS) is 14.6. The molecule has 9 heteroatoms. The average molecular weight is 259 g/mol. The molecule has 0 bridgehead atoms. The Morgan fingerprint density at radius 2 is 2.19 bits per heavy atom. The number of alkyl halides is 3. The van der Waals surface area contributed by atoms with E-state index in [2.05, 4.69) is 10.5 Å². The number of rotatable bonds is 5. The highest BCUT2D eigenvalue weighted by molar-refractivity contribution is 8.00. The maximum atomic E-state index is 11.7. The Balaban J connectivity index is 3.83. The standard InChI is InChI=1S/C7H12F3N3O2S/c1-4(5(11)13-15)6(14)12-2-3-16-7(8,9)10/h4,15H,2-3H2,1H3,(H2,11,13)(H,12,14). The van der Waals surface area contributed by atoms with E-state index in [1.54, 1.807) is 0 Å². The molecule has 4 N–H and O–H groups in total. The van der Waals surface area contributed by atoms with E-state index in [1.165, 1.54) is 6.92 Å². The van der Waals surface area contributed by atoms with Crippen molar-refractivity contribution < 1.29 is 23.2 Å². The van der Waals surface area contributed by atoms with Gasteiger partial charge in [-0.15, -0.1) is 0 Å². The van der Waals surface area contributed by atoms with Gasteiger partial charge in [0, 0.05) is 12.3 Å². The minimum absolute atomic E-state index is 0.133. The molecule has 0 aliphatic heterocycles. The molecule has 0 heterocycles. The summed E-state index contributed by atoms with van der Waals surface area (Å²) in [6.07, 6.45) is 0. The van der Waals surface area contributed by atoms with E-state index in [0.29, 0.717) is 0 Å². The second-order valence-electron chi connectivity index (χ2n) is 2.83. The molecule has 1 unspecified atom stereocenters. The van der Waals surface area contributed by atoms with Crippen molar-refractivity contribution >= 4 is 23.5 Å². The van der Waals surface area contributed by atoms with E-state index >= 15 is 0 Å². The lowest BCUT2D eigenvalue weighted by Crippen LogP contribution is -2.38. The van der Waals surface area contributed by atoms with Gasteiger partial charge in [0.2, 0.25) is 5.91 Å². The first-order valence-corrected chi connectivity index (χ1v) is 5.22. The summed E-state index contributed by atoms with van der Waals surface area (Å²) >= 11 is -0.224. The molecule has 0 aromatic rings. The number of amides is 1. The molecule has 0 radical (unpaired) electrons. The van der Waals surface area contributed by atoms with Gasteiger partial charge in [-0.25, -0.2) is 0 Å². The molecule has 0 fully saturated rings. The first-order chi connectivity index (χ1) is 7.28. The SMILES string of the molecule is CC(C(=O)NCCSC(F)(F)F)C(N)=NO. The molecule has 0 saturated carbocycles. The Hall–Kier alpha value is -1.12. The predicted molar refractivity (Wildman–Crippen MR) is 54.1 cm³/mol. The fraction of sp³-hybridized carbons (Fsp3) is 0.714. The number of hydrogen-bond acceptors (Lipinski definition) is 4. The third kappa shape index (κ3) is 6.38. The molecule has 94 valence electrons. The predicted octanol–water partition coefficient (Wildman–Crippen LogP) is 0.738. The van der Waals surface area contributed by atoms with Crippen LogP contribution in [0.2, 0.25) is 0 Å². The summed E-state index contributed by atoms with van der Waals surface area (Å²) in [4.78, 5) is 11.2. The number of nitrogens with one attached hydrogen (secondary N) is 1. The van der Waals surface area contributed by atoms with Crippen LogP contribution in [0.3, 0.4) is 0 Å². The van der Waals surface area contributed by atoms with E-state index in [1.807, 2.05) is 0 Å². The molecule has 0 aliphatic rings. The summed E-state index contributed by atoms with van der Waals surface area (Å²) in [6.45, 7) is 1.24. The largest absolute Gasteiger partial charge is 0.441 e. The van der Waals surface area contributed by atoms with E-state index in [4.69, 9.17) is 10.9 Å².